The van der Waals surface area contributed by atoms with Crippen molar-refractivity contribution in [3.05, 3.63) is 35.0 Å². The Kier molecular flexibility index (Phi) is 3.32. The van der Waals surface area contributed by atoms with Crippen LogP contribution in [0.2, 0.25) is 0 Å². The highest BCUT2D eigenvalue weighted by Crippen LogP contribution is 2.27. The average Bonchev–Trinajstić information content (AvgIpc) is 2.27. The maximum absolute atomic E-state index is 4.72. The van der Waals surface area contributed by atoms with Crippen molar-refractivity contribution in [2.75, 3.05) is 11.9 Å². The van der Waals surface area contributed by atoms with Crippen LogP contribution in [0.15, 0.2) is 18.2 Å². The van der Waals surface area contributed by atoms with Crippen molar-refractivity contribution in [3.8, 4) is 0 Å². The lowest BCUT2D eigenvalue weighted by molar-refractivity contribution is 1.05. The van der Waals surface area contributed by atoms with E-state index >= 15 is 0 Å². The normalized spacial score (nSPS) is 10.8. The monoisotopic (exact) mass is 228 g/mol. The topological polar surface area (TPSA) is 24.9 Å². The van der Waals surface area contributed by atoms with Crippen molar-refractivity contribution in [2.45, 2.75) is 34.1 Å². The second kappa shape index (κ2) is 4.74. The number of hydrogen-bond acceptors (Lipinski definition) is 2. The number of benzene rings is 1. The van der Waals surface area contributed by atoms with Crippen LogP contribution in [0.4, 0.5) is 5.69 Å². The van der Waals surface area contributed by atoms with Gasteiger partial charge in [-0.1, -0.05) is 13.0 Å². The molecule has 2 heteroatoms. The fourth-order valence-electron chi connectivity index (χ4n) is 2.32. The highest BCUT2D eigenvalue weighted by molar-refractivity contribution is 5.94. The van der Waals surface area contributed by atoms with Gasteiger partial charge in [-0.2, -0.15) is 0 Å². The molecule has 0 amide bonds. The third kappa shape index (κ3) is 2.26. The maximum Gasteiger partial charge on any atom is 0.0731 e. The van der Waals surface area contributed by atoms with Gasteiger partial charge in [0.2, 0.25) is 0 Å². The van der Waals surface area contributed by atoms with E-state index in [1.165, 1.54) is 22.2 Å². The van der Waals surface area contributed by atoms with Crippen molar-refractivity contribution in [3.63, 3.8) is 0 Å². The molecule has 0 saturated carbocycles. The molecule has 0 aliphatic heterocycles. The molecular weight excluding hydrogens is 208 g/mol. The minimum Gasteiger partial charge on any atom is -0.385 e. The highest BCUT2D eigenvalue weighted by atomic mass is 14.9. The summed E-state index contributed by atoms with van der Waals surface area (Å²) in [5.41, 5.74) is 6.05. The molecule has 90 valence electrons. The van der Waals surface area contributed by atoms with Crippen LogP contribution in [0.5, 0.6) is 0 Å². The van der Waals surface area contributed by atoms with E-state index in [9.17, 15) is 0 Å². The van der Waals surface area contributed by atoms with Crippen LogP contribution < -0.4 is 5.32 Å². The molecule has 2 rings (SSSR count). The lowest BCUT2D eigenvalue weighted by atomic mass is 10.0. The largest absolute Gasteiger partial charge is 0.385 e. The fraction of sp³-hybridized carbons (Fsp3) is 0.400. The molecule has 0 spiro atoms. The zero-order valence-corrected chi connectivity index (χ0v) is 11.1. The second-order valence-corrected chi connectivity index (χ2v) is 4.52. The van der Waals surface area contributed by atoms with Gasteiger partial charge in [0.1, 0.15) is 0 Å². The van der Waals surface area contributed by atoms with Gasteiger partial charge < -0.3 is 5.32 Å². The van der Waals surface area contributed by atoms with Crippen LogP contribution in [0.3, 0.4) is 0 Å². The van der Waals surface area contributed by atoms with Gasteiger partial charge in [0.15, 0.2) is 0 Å². The van der Waals surface area contributed by atoms with Gasteiger partial charge in [0.05, 0.1) is 5.52 Å². The molecule has 17 heavy (non-hydrogen) atoms. The van der Waals surface area contributed by atoms with E-state index in [1.807, 2.05) is 0 Å². The van der Waals surface area contributed by atoms with Crippen molar-refractivity contribution in [2.24, 2.45) is 0 Å². The van der Waals surface area contributed by atoms with Gasteiger partial charge in [0, 0.05) is 23.3 Å². The number of nitrogens with one attached hydrogen (secondary N) is 1. The molecule has 0 atom stereocenters. The zero-order valence-electron chi connectivity index (χ0n) is 11.1. The first kappa shape index (κ1) is 11.9. The Morgan fingerprint density at radius 1 is 1.12 bits per heavy atom. The summed E-state index contributed by atoms with van der Waals surface area (Å²) in [5.74, 6) is 0. The molecule has 0 radical (unpaired) electrons. The van der Waals surface area contributed by atoms with Gasteiger partial charge in [-0.25, -0.2) is 0 Å². The quantitative estimate of drug-likeness (QED) is 0.863. The molecule has 1 N–H and O–H groups in total. The summed E-state index contributed by atoms with van der Waals surface area (Å²) in [4.78, 5) is 4.72. The Labute approximate surface area is 103 Å². The van der Waals surface area contributed by atoms with E-state index in [0.717, 1.165) is 24.2 Å². The predicted molar refractivity (Wildman–Crippen MR) is 74.8 cm³/mol. The standard InChI is InChI=1S/C15H20N2/c1-5-12-9-13(16-6-2)15-11(4)7-10(3)8-14(15)17-12/h7-9H,5-6H2,1-4H3,(H,16,17). The Bertz CT molecular complexity index is 544. The Morgan fingerprint density at radius 2 is 1.88 bits per heavy atom. The van der Waals surface area contributed by atoms with Gasteiger partial charge in [-0.3, -0.25) is 4.98 Å². The first-order chi connectivity index (χ1) is 8.15. The van der Waals surface area contributed by atoms with Crippen LogP contribution in [-0.2, 0) is 6.42 Å². The summed E-state index contributed by atoms with van der Waals surface area (Å²) in [6, 6.07) is 6.56. The molecule has 0 fully saturated rings. The Morgan fingerprint density at radius 3 is 2.53 bits per heavy atom. The van der Waals surface area contributed by atoms with Crippen LogP contribution in [0, 0.1) is 13.8 Å². The summed E-state index contributed by atoms with van der Waals surface area (Å²) < 4.78 is 0. The number of anilines is 1. The van der Waals surface area contributed by atoms with Crippen LogP contribution in [0.25, 0.3) is 10.9 Å². The fourth-order valence-corrected chi connectivity index (χ4v) is 2.32. The minimum absolute atomic E-state index is 0.940. The number of pyridine rings is 1. The van der Waals surface area contributed by atoms with E-state index in [4.69, 9.17) is 4.98 Å². The van der Waals surface area contributed by atoms with Gasteiger partial charge in [-0.15, -0.1) is 0 Å². The van der Waals surface area contributed by atoms with E-state index in [0.29, 0.717) is 0 Å². The minimum atomic E-state index is 0.940. The molecule has 0 unspecified atom stereocenters. The van der Waals surface area contributed by atoms with Crippen LogP contribution in [0.1, 0.15) is 30.7 Å². The summed E-state index contributed by atoms with van der Waals surface area (Å²) in [5, 5.41) is 4.70. The highest BCUT2D eigenvalue weighted by Gasteiger charge is 2.07. The van der Waals surface area contributed by atoms with E-state index in [-0.39, 0.29) is 0 Å². The Hall–Kier alpha value is -1.57. The second-order valence-electron chi connectivity index (χ2n) is 4.52. The number of fused-ring (bicyclic) bond motifs is 1. The summed E-state index contributed by atoms with van der Waals surface area (Å²) in [6.07, 6.45) is 0.974. The SMILES string of the molecule is CCNc1cc(CC)nc2cc(C)cc(C)c12. The Balaban J connectivity index is 2.76. The van der Waals surface area contributed by atoms with Crippen LogP contribution >= 0.6 is 0 Å². The number of rotatable bonds is 3. The van der Waals surface area contributed by atoms with Gasteiger partial charge in [-0.05, 0) is 50.5 Å². The van der Waals surface area contributed by atoms with E-state index in [2.05, 4.69) is 51.2 Å². The molecule has 0 saturated heterocycles. The first-order valence-electron chi connectivity index (χ1n) is 6.30. The van der Waals surface area contributed by atoms with Crippen molar-refractivity contribution >= 4 is 16.6 Å². The predicted octanol–water partition coefficient (Wildman–Crippen LogP) is 3.85. The first-order valence-corrected chi connectivity index (χ1v) is 6.30. The summed E-state index contributed by atoms with van der Waals surface area (Å²) in [7, 11) is 0. The van der Waals surface area contributed by atoms with Gasteiger partial charge >= 0.3 is 0 Å². The lowest BCUT2D eigenvalue weighted by Crippen LogP contribution is -2.01. The molecule has 1 aromatic heterocycles. The molecule has 2 nitrogen and oxygen atoms in total. The average molecular weight is 228 g/mol. The third-order valence-corrected chi connectivity index (χ3v) is 3.03. The number of aryl methyl sites for hydroxylation is 3. The summed E-state index contributed by atoms with van der Waals surface area (Å²) in [6.45, 7) is 9.49. The molecule has 1 aromatic carbocycles. The number of nitrogens with zero attached hydrogens (tertiary/aromatic N) is 1. The van der Waals surface area contributed by atoms with Gasteiger partial charge in [0.25, 0.3) is 0 Å². The molecule has 0 aliphatic rings. The maximum atomic E-state index is 4.72. The molecule has 2 aromatic rings. The number of aromatic nitrogens is 1. The molecule has 1 heterocycles. The van der Waals surface area contributed by atoms with Crippen molar-refractivity contribution in [1.29, 1.82) is 0 Å². The molecular formula is C15H20N2. The van der Waals surface area contributed by atoms with E-state index in [1.54, 1.807) is 0 Å². The van der Waals surface area contributed by atoms with Crippen molar-refractivity contribution in [1.82, 2.24) is 4.98 Å². The van der Waals surface area contributed by atoms with Crippen molar-refractivity contribution < 1.29 is 0 Å². The number of hydrogen-bond donors (Lipinski definition) is 1. The lowest BCUT2D eigenvalue weighted by Gasteiger charge is -2.13. The zero-order chi connectivity index (χ0) is 12.4. The smallest absolute Gasteiger partial charge is 0.0731 e. The summed E-state index contributed by atoms with van der Waals surface area (Å²) >= 11 is 0. The third-order valence-electron chi connectivity index (χ3n) is 3.03. The molecule has 0 bridgehead atoms. The van der Waals surface area contributed by atoms with Crippen LogP contribution in [-0.4, -0.2) is 11.5 Å². The molecule has 0 aliphatic carbocycles. The van der Waals surface area contributed by atoms with E-state index < -0.39 is 0 Å².